The summed E-state index contributed by atoms with van der Waals surface area (Å²) in [6.45, 7) is 2.22. The minimum Gasteiger partial charge on any atom is -0.393 e. The third-order valence-corrected chi connectivity index (χ3v) is 4.94. The van der Waals surface area contributed by atoms with Crippen LogP contribution < -0.4 is 10.6 Å². The number of carbonyl (C=O) groups excluding carboxylic acids is 1. The van der Waals surface area contributed by atoms with Crippen molar-refractivity contribution in [2.75, 3.05) is 0 Å². The lowest BCUT2D eigenvalue weighted by Gasteiger charge is -2.28. The number of urea groups is 1. The highest BCUT2D eigenvalue weighted by molar-refractivity contribution is 5.74. The number of carbonyl (C=O) groups is 1. The summed E-state index contributed by atoms with van der Waals surface area (Å²) < 4.78 is 0. The van der Waals surface area contributed by atoms with Crippen LogP contribution in [0.4, 0.5) is 4.79 Å². The summed E-state index contributed by atoms with van der Waals surface area (Å²) in [6.07, 6.45) is 10.7. The highest BCUT2D eigenvalue weighted by Gasteiger charge is 2.29. The van der Waals surface area contributed by atoms with Crippen LogP contribution in [0, 0.1) is 5.92 Å². The molecule has 0 aromatic carbocycles. The van der Waals surface area contributed by atoms with Gasteiger partial charge in [0, 0.05) is 12.1 Å². The van der Waals surface area contributed by atoms with Crippen molar-refractivity contribution in [2.45, 2.75) is 89.3 Å². The standard InChI is InChI=1S/C16H30N2O2/c1-2-3-5-12-6-4-7-15(12)18-16(20)17-13-8-10-14(19)11-9-13/h12-15,19H,2-11H2,1H3,(H2,17,18,20). The molecule has 0 aliphatic heterocycles. The normalized spacial score (nSPS) is 33.9. The van der Waals surface area contributed by atoms with Gasteiger partial charge in [-0.1, -0.05) is 26.2 Å². The van der Waals surface area contributed by atoms with Gasteiger partial charge in [0.15, 0.2) is 0 Å². The van der Waals surface area contributed by atoms with E-state index in [1.54, 1.807) is 0 Å². The largest absolute Gasteiger partial charge is 0.393 e. The molecule has 2 unspecified atom stereocenters. The quantitative estimate of drug-likeness (QED) is 0.726. The summed E-state index contributed by atoms with van der Waals surface area (Å²) in [7, 11) is 0. The number of aliphatic hydroxyl groups is 1. The predicted octanol–water partition coefficient (Wildman–Crippen LogP) is 2.95. The van der Waals surface area contributed by atoms with Crippen LogP contribution in [0.1, 0.15) is 71.1 Å². The van der Waals surface area contributed by atoms with Crippen molar-refractivity contribution in [1.29, 1.82) is 0 Å². The fourth-order valence-corrected chi connectivity index (χ4v) is 3.65. The summed E-state index contributed by atoms with van der Waals surface area (Å²) in [4.78, 5) is 12.1. The Balaban J connectivity index is 1.70. The molecule has 0 saturated heterocycles. The van der Waals surface area contributed by atoms with Gasteiger partial charge in [0.2, 0.25) is 0 Å². The topological polar surface area (TPSA) is 61.4 Å². The maximum absolute atomic E-state index is 12.1. The molecule has 2 amide bonds. The highest BCUT2D eigenvalue weighted by atomic mass is 16.3. The van der Waals surface area contributed by atoms with Crippen LogP contribution in [0.15, 0.2) is 0 Å². The molecular weight excluding hydrogens is 252 g/mol. The molecule has 0 aromatic rings. The van der Waals surface area contributed by atoms with Crippen LogP contribution in [0.25, 0.3) is 0 Å². The highest BCUT2D eigenvalue weighted by Crippen LogP contribution is 2.29. The number of hydrogen-bond acceptors (Lipinski definition) is 2. The van der Waals surface area contributed by atoms with Crippen molar-refractivity contribution in [3.8, 4) is 0 Å². The Labute approximate surface area is 122 Å². The Morgan fingerprint density at radius 1 is 1.10 bits per heavy atom. The molecule has 2 saturated carbocycles. The van der Waals surface area contributed by atoms with E-state index in [0.717, 1.165) is 32.1 Å². The van der Waals surface area contributed by atoms with Crippen LogP contribution >= 0.6 is 0 Å². The Bertz CT molecular complexity index is 301. The average Bonchev–Trinajstić information content (AvgIpc) is 2.86. The van der Waals surface area contributed by atoms with Crippen molar-refractivity contribution in [3.63, 3.8) is 0 Å². The first-order valence-corrected chi connectivity index (χ1v) is 8.44. The van der Waals surface area contributed by atoms with Gasteiger partial charge in [0.1, 0.15) is 0 Å². The van der Waals surface area contributed by atoms with Gasteiger partial charge in [0.05, 0.1) is 6.10 Å². The summed E-state index contributed by atoms with van der Waals surface area (Å²) in [5.41, 5.74) is 0. The summed E-state index contributed by atoms with van der Waals surface area (Å²) in [5.74, 6) is 0.675. The molecule has 0 aromatic heterocycles. The number of aliphatic hydroxyl groups excluding tert-OH is 1. The minimum atomic E-state index is -0.163. The van der Waals surface area contributed by atoms with Crippen LogP contribution in [0.2, 0.25) is 0 Å². The van der Waals surface area contributed by atoms with Gasteiger partial charge in [-0.15, -0.1) is 0 Å². The molecule has 0 radical (unpaired) electrons. The fraction of sp³-hybridized carbons (Fsp3) is 0.938. The monoisotopic (exact) mass is 282 g/mol. The first-order chi connectivity index (χ1) is 9.69. The van der Waals surface area contributed by atoms with E-state index in [-0.39, 0.29) is 18.2 Å². The number of hydrogen-bond donors (Lipinski definition) is 3. The van der Waals surface area contributed by atoms with Crippen LogP contribution in [-0.4, -0.2) is 29.3 Å². The first kappa shape index (κ1) is 15.6. The molecule has 0 bridgehead atoms. The zero-order valence-corrected chi connectivity index (χ0v) is 12.7. The molecule has 2 fully saturated rings. The number of unbranched alkanes of at least 4 members (excludes halogenated alkanes) is 1. The van der Waals surface area contributed by atoms with E-state index in [4.69, 9.17) is 0 Å². The smallest absolute Gasteiger partial charge is 0.315 e. The maximum atomic E-state index is 12.1. The number of rotatable bonds is 5. The Hall–Kier alpha value is -0.770. The third kappa shape index (κ3) is 4.65. The molecule has 2 aliphatic rings. The van der Waals surface area contributed by atoms with Gasteiger partial charge in [-0.2, -0.15) is 0 Å². The second kappa shape index (κ2) is 7.87. The predicted molar refractivity (Wildman–Crippen MR) is 80.6 cm³/mol. The number of amides is 2. The van der Waals surface area contributed by atoms with Gasteiger partial charge in [-0.05, 0) is 50.9 Å². The summed E-state index contributed by atoms with van der Waals surface area (Å²) in [5, 5.41) is 15.7. The van der Waals surface area contributed by atoms with E-state index < -0.39 is 0 Å². The molecule has 4 nitrogen and oxygen atoms in total. The molecule has 0 spiro atoms. The maximum Gasteiger partial charge on any atom is 0.315 e. The third-order valence-electron chi connectivity index (χ3n) is 4.94. The lowest BCUT2D eigenvalue weighted by Crippen LogP contribution is -2.48. The van der Waals surface area contributed by atoms with Crippen molar-refractivity contribution < 1.29 is 9.90 Å². The van der Waals surface area contributed by atoms with Gasteiger partial charge in [0.25, 0.3) is 0 Å². The van der Waals surface area contributed by atoms with Crippen LogP contribution in [-0.2, 0) is 0 Å². The summed E-state index contributed by atoms with van der Waals surface area (Å²) >= 11 is 0. The van der Waals surface area contributed by atoms with E-state index in [1.165, 1.54) is 32.1 Å². The van der Waals surface area contributed by atoms with Crippen molar-refractivity contribution in [2.24, 2.45) is 5.92 Å². The van der Waals surface area contributed by atoms with Gasteiger partial charge in [-0.25, -0.2) is 4.79 Å². The molecule has 2 rings (SSSR count). The number of nitrogens with one attached hydrogen (secondary N) is 2. The molecule has 4 heteroatoms. The van der Waals surface area contributed by atoms with Crippen molar-refractivity contribution >= 4 is 6.03 Å². The lowest BCUT2D eigenvalue weighted by atomic mass is 9.93. The molecule has 0 heterocycles. The van der Waals surface area contributed by atoms with Crippen molar-refractivity contribution in [3.05, 3.63) is 0 Å². The van der Waals surface area contributed by atoms with E-state index >= 15 is 0 Å². The van der Waals surface area contributed by atoms with E-state index in [1.807, 2.05) is 0 Å². The molecule has 3 N–H and O–H groups in total. The van der Waals surface area contributed by atoms with Crippen molar-refractivity contribution in [1.82, 2.24) is 10.6 Å². The van der Waals surface area contributed by atoms with E-state index in [2.05, 4.69) is 17.6 Å². The molecule has 2 atom stereocenters. The van der Waals surface area contributed by atoms with Crippen LogP contribution in [0.3, 0.4) is 0 Å². The first-order valence-electron chi connectivity index (χ1n) is 8.44. The van der Waals surface area contributed by atoms with Gasteiger partial charge in [-0.3, -0.25) is 0 Å². The molecule has 2 aliphatic carbocycles. The van der Waals surface area contributed by atoms with Gasteiger partial charge < -0.3 is 15.7 Å². The molecule has 20 heavy (non-hydrogen) atoms. The molecular formula is C16H30N2O2. The Morgan fingerprint density at radius 3 is 2.55 bits per heavy atom. The fourth-order valence-electron chi connectivity index (χ4n) is 3.65. The molecule has 116 valence electrons. The summed E-state index contributed by atoms with van der Waals surface area (Å²) in [6, 6.07) is 0.615. The Morgan fingerprint density at radius 2 is 1.85 bits per heavy atom. The zero-order chi connectivity index (χ0) is 14.4. The van der Waals surface area contributed by atoms with Crippen LogP contribution in [0.5, 0.6) is 0 Å². The Kier molecular flexibility index (Phi) is 6.14. The minimum absolute atomic E-state index is 0.000196. The zero-order valence-electron chi connectivity index (χ0n) is 12.7. The van der Waals surface area contributed by atoms with E-state index in [9.17, 15) is 9.90 Å². The second-order valence-electron chi connectivity index (χ2n) is 6.56. The SMILES string of the molecule is CCCCC1CCCC1NC(=O)NC1CCC(O)CC1. The van der Waals surface area contributed by atoms with Gasteiger partial charge >= 0.3 is 6.03 Å². The average molecular weight is 282 g/mol. The van der Waals surface area contributed by atoms with E-state index in [0.29, 0.717) is 12.0 Å². The lowest BCUT2D eigenvalue weighted by molar-refractivity contribution is 0.117. The second-order valence-corrected chi connectivity index (χ2v) is 6.56.